The number of pyridine rings is 1. The van der Waals surface area contributed by atoms with Crippen molar-refractivity contribution in [3.05, 3.63) is 59.8 Å². The van der Waals surface area contributed by atoms with Crippen LogP contribution in [0.3, 0.4) is 0 Å². The maximum atomic E-state index is 5.93. The van der Waals surface area contributed by atoms with Gasteiger partial charge in [-0.25, -0.2) is 9.67 Å². The molecule has 0 amide bonds. The Balaban J connectivity index is 2.15. The Bertz CT molecular complexity index is 708. The number of ether oxygens (including phenoxy) is 1. The molecule has 0 bridgehead atoms. The first-order chi connectivity index (χ1) is 9.78. The largest absolute Gasteiger partial charge is 0.480 e. The molecule has 0 aliphatic rings. The van der Waals surface area contributed by atoms with E-state index in [0.717, 1.165) is 17.1 Å². The van der Waals surface area contributed by atoms with E-state index < -0.39 is 0 Å². The van der Waals surface area contributed by atoms with Crippen LogP contribution in [0.5, 0.6) is 5.88 Å². The van der Waals surface area contributed by atoms with Crippen LogP contribution in [0.25, 0.3) is 17.1 Å². The highest BCUT2D eigenvalue weighted by atomic mass is 35.5. The third-order valence-electron chi connectivity index (χ3n) is 2.90. The quantitative estimate of drug-likeness (QED) is 0.738. The van der Waals surface area contributed by atoms with Crippen molar-refractivity contribution >= 4 is 11.6 Å². The van der Waals surface area contributed by atoms with Gasteiger partial charge in [-0.05, 0) is 24.3 Å². The Morgan fingerprint density at radius 3 is 2.55 bits per heavy atom. The van der Waals surface area contributed by atoms with Crippen molar-refractivity contribution < 1.29 is 4.74 Å². The molecule has 0 radical (unpaired) electrons. The third-order valence-corrected chi connectivity index (χ3v) is 3.15. The summed E-state index contributed by atoms with van der Waals surface area (Å²) in [5.74, 6) is 1.28. The van der Waals surface area contributed by atoms with Gasteiger partial charge in [0.15, 0.2) is 5.82 Å². The standard InChI is InChI=1S/C15H12ClN3O/c1-20-15-10-13(11-5-7-12(16)8-6-11)19(18-15)14-4-2-3-9-17-14/h2-10H,1H3. The van der Waals surface area contributed by atoms with Gasteiger partial charge in [-0.3, -0.25) is 0 Å². The van der Waals surface area contributed by atoms with Gasteiger partial charge >= 0.3 is 0 Å². The van der Waals surface area contributed by atoms with Gasteiger partial charge in [-0.1, -0.05) is 29.8 Å². The summed E-state index contributed by atoms with van der Waals surface area (Å²) in [4.78, 5) is 4.32. The zero-order chi connectivity index (χ0) is 13.9. The summed E-state index contributed by atoms with van der Waals surface area (Å²) in [7, 11) is 1.59. The van der Waals surface area contributed by atoms with Gasteiger partial charge in [-0.2, -0.15) is 0 Å². The van der Waals surface area contributed by atoms with E-state index in [4.69, 9.17) is 16.3 Å². The van der Waals surface area contributed by atoms with Crippen LogP contribution in [0.2, 0.25) is 5.02 Å². The van der Waals surface area contributed by atoms with Gasteiger partial charge in [0.2, 0.25) is 5.88 Å². The molecule has 100 valence electrons. The Morgan fingerprint density at radius 1 is 1.10 bits per heavy atom. The second-order valence-corrected chi connectivity index (χ2v) is 4.62. The van der Waals surface area contributed by atoms with E-state index in [1.807, 2.05) is 48.5 Å². The number of hydrogen-bond donors (Lipinski definition) is 0. The van der Waals surface area contributed by atoms with E-state index in [1.165, 1.54) is 0 Å². The minimum Gasteiger partial charge on any atom is -0.480 e. The van der Waals surface area contributed by atoms with Crippen molar-refractivity contribution in [1.82, 2.24) is 14.8 Å². The van der Waals surface area contributed by atoms with Crippen molar-refractivity contribution in [2.75, 3.05) is 7.11 Å². The fraction of sp³-hybridized carbons (Fsp3) is 0.0667. The van der Waals surface area contributed by atoms with Crippen LogP contribution in [0.1, 0.15) is 0 Å². The van der Waals surface area contributed by atoms with Crippen LogP contribution in [-0.4, -0.2) is 21.9 Å². The molecule has 0 saturated heterocycles. The monoisotopic (exact) mass is 285 g/mol. The Kier molecular flexibility index (Phi) is 3.39. The van der Waals surface area contributed by atoms with E-state index in [2.05, 4.69) is 10.1 Å². The van der Waals surface area contributed by atoms with Gasteiger partial charge in [-0.15, -0.1) is 5.10 Å². The molecule has 2 aromatic heterocycles. The van der Waals surface area contributed by atoms with Crippen LogP contribution in [-0.2, 0) is 0 Å². The zero-order valence-electron chi connectivity index (χ0n) is 10.8. The van der Waals surface area contributed by atoms with E-state index >= 15 is 0 Å². The fourth-order valence-electron chi connectivity index (χ4n) is 1.94. The molecule has 0 N–H and O–H groups in total. The summed E-state index contributed by atoms with van der Waals surface area (Å²) in [6.45, 7) is 0. The summed E-state index contributed by atoms with van der Waals surface area (Å²) >= 11 is 5.93. The lowest BCUT2D eigenvalue weighted by Crippen LogP contribution is -2.01. The normalized spacial score (nSPS) is 10.5. The molecule has 5 heteroatoms. The first-order valence-corrected chi connectivity index (χ1v) is 6.47. The number of rotatable bonds is 3. The van der Waals surface area contributed by atoms with E-state index in [1.54, 1.807) is 18.0 Å². The highest BCUT2D eigenvalue weighted by Gasteiger charge is 2.12. The number of aromatic nitrogens is 3. The van der Waals surface area contributed by atoms with Gasteiger partial charge in [0.1, 0.15) is 0 Å². The smallest absolute Gasteiger partial charge is 0.233 e. The zero-order valence-corrected chi connectivity index (χ0v) is 11.6. The summed E-state index contributed by atoms with van der Waals surface area (Å²) < 4.78 is 6.97. The van der Waals surface area contributed by atoms with Gasteiger partial charge in [0, 0.05) is 22.8 Å². The summed E-state index contributed by atoms with van der Waals surface area (Å²) in [5.41, 5.74) is 1.90. The number of halogens is 1. The summed E-state index contributed by atoms with van der Waals surface area (Å²) in [5, 5.41) is 5.10. The van der Waals surface area contributed by atoms with Gasteiger partial charge in [0.05, 0.1) is 12.8 Å². The molecule has 0 aliphatic heterocycles. The second kappa shape index (κ2) is 5.35. The molecule has 0 aliphatic carbocycles. The van der Waals surface area contributed by atoms with Crippen molar-refractivity contribution in [3.8, 4) is 23.0 Å². The summed E-state index contributed by atoms with van der Waals surface area (Å²) in [6.07, 6.45) is 1.73. The first-order valence-electron chi connectivity index (χ1n) is 6.09. The van der Waals surface area contributed by atoms with Crippen molar-refractivity contribution in [1.29, 1.82) is 0 Å². The lowest BCUT2D eigenvalue weighted by molar-refractivity contribution is 0.394. The van der Waals surface area contributed by atoms with Crippen LogP contribution in [0, 0.1) is 0 Å². The molecule has 3 aromatic rings. The van der Waals surface area contributed by atoms with Crippen LogP contribution in [0.15, 0.2) is 54.7 Å². The molecule has 0 spiro atoms. The molecule has 4 nitrogen and oxygen atoms in total. The molecule has 0 saturated carbocycles. The lowest BCUT2D eigenvalue weighted by atomic mass is 10.1. The molecule has 0 unspecified atom stereocenters. The molecule has 0 fully saturated rings. The Morgan fingerprint density at radius 2 is 1.90 bits per heavy atom. The molecular weight excluding hydrogens is 274 g/mol. The Hall–Kier alpha value is -2.33. The average molecular weight is 286 g/mol. The average Bonchev–Trinajstić information content (AvgIpc) is 2.93. The van der Waals surface area contributed by atoms with Crippen molar-refractivity contribution in [3.63, 3.8) is 0 Å². The van der Waals surface area contributed by atoms with Crippen molar-refractivity contribution in [2.24, 2.45) is 0 Å². The third kappa shape index (κ3) is 2.38. The number of nitrogens with zero attached hydrogens (tertiary/aromatic N) is 3. The highest BCUT2D eigenvalue weighted by Crippen LogP contribution is 2.27. The first kappa shape index (κ1) is 12.7. The molecule has 1 aromatic carbocycles. The number of hydrogen-bond acceptors (Lipinski definition) is 3. The van der Waals surface area contributed by atoms with Crippen LogP contribution in [0.4, 0.5) is 0 Å². The molecular formula is C15H12ClN3O. The lowest BCUT2D eigenvalue weighted by Gasteiger charge is -2.06. The molecule has 0 atom stereocenters. The number of methoxy groups -OCH3 is 1. The van der Waals surface area contributed by atoms with Gasteiger partial charge in [0.25, 0.3) is 0 Å². The maximum absolute atomic E-state index is 5.93. The van der Waals surface area contributed by atoms with Crippen LogP contribution < -0.4 is 4.74 Å². The predicted octanol–water partition coefficient (Wildman–Crippen LogP) is 3.60. The Labute approximate surface area is 121 Å². The SMILES string of the molecule is COc1cc(-c2ccc(Cl)cc2)n(-c2ccccn2)n1. The van der Waals surface area contributed by atoms with Gasteiger partial charge < -0.3 is 4.74 Å². The minimum atomic E-state index is 0.542. The van der Waals surface area contributed by atoms with E-state index in [-0.39, 0.29) is 0 Å². The van der Waals surface area contributed by atoms with E-state index in [0.29, 0.717) is 10.9 Å². The molecule has 2 heterocycles. The second-order valence-electron chi connectivity index (χ2n) is 4.18. The predicted molar refractivity (Wildman–Crippen MR) is 78.4 cm³/mol. The maximum Gasteiger partial charge on any atom is 0.233 e. The molecule has 3 rings (SSSR count). The minimum absolute atomic E-state index is 0.542. The fourth-order valence-corrected chi connectivity index (χ4v) is 2.07. The number of benzene rings is 1. The molecule has 20 heavy (non-hydrogen) atoms. The van der Waals surface area contributed by atoms with Crippen molar-refractivity contribution in [2.45, 2.75) is 0 Å². The highest BCUT2D eigenvalue weighted by molar-refractivity contribution is 6.30. The van der Waals surface area contributed by atoms with E-state index in [9.17, 15) is 0 Å². The summed E-state index contributed by atoms with van der Waals surface area (Å²) in [6, 6.07) is 15.1. The topological polar surface area (TPSA) is 39.9 Å². The van der Waals surface area contributed by atoms with Crippen LogP contribution >= 0.6 is 11.6 Å².